The SMILES string of the molecule is CN(CCC(=O)N[C@@H]1[C@@H](Cc2ccccc2)[C@H]2OCC[C@@H]12)S(C)(=O)=O. The number of sulfonamides is 1. The number of hydrogen-bond acceptors (Lipinski definition) is 4. The highest BCUT2D eigenvalue weighted by molar-refractivity contribution is 7.88. The Morgan fingerprint density at radius 3 is 2.72 bits per heavy atom. The van der Waals surface area contributed by atoms with Crippen molar-refractivity contribution in [3.63, 3.8) is 0 Å². The fourth-order valence-corrected chi connectivity index (χ4v) is 4.28. The van der Waals surface area contributed by atoms with Crippen molar-refractivity contribution >= 4 is 15.9 Å². The van der Waals surface area contributed by atoms with E-state index in [0.29, 0.717) is 5.92 Å². The van der Waals surface area contributed by atoms with Crippen molar-refractivity contribution in [2.75, 3.05) is 26.5 Å². The van der Waals surface area contributed by atoms with Crippen molar-refractivity contribution in [2.45, 2.75) is 31.4 Å². The highest BCUT2D eigenvalue weighted by Crippen LogP contribution is 2.45. The molecule has 0 unspecified atom stereocenters. The van der Waals surface area contributed by atoms with Crippen LogP contribution < -0.4 is 5.32 Å². The third kappa shape index (κ3) is 4.22. The summed E-state index contributed by atoms with van der Waals surface area (Å²) in [6.07, 6.45) is 3.41. The van der Waals surface area contributed by atoms with Gasteiger partial charge < -0.3 is 10.1 Å². The molecule has 1 aromatic carbocycles. The summed E-state index contributed by atoms with van der Waals surface area (Å²) in [6.45, 7) is 0.954. The molecule has 4 atom stereocenters. The van der Waals surface area contributed by atoms with Gasteiger partial charge in [0.25, 0.3) is 0 Å². The topological polar surface area (TPSA) is 75.7 Å². The van der Waals surface area contributed by atoms with Gasteiger partial charge in [-0.3, -0.25) is 4.79 Å². The first-order chi connectivity index (χ1) is 11.9. The lowest BCUT2D eigenvalue weighted by Gasteiger charge is -2.48. The van der Waals surface area contributed by atoms with Gasteiger partial charge in [-0.15, -0.1) is 0 Å². The lowest BCUT2D eigenvalue weighted by Crippen LogP contribution is -2.62. The molecule has 2 fully saturated rings. The van der Waals surface area contributed by atoms with Gasteiger partial charge in [-0.1, -0.05) is 30.3 Å². The monoisotopic (exact) mass is 366 g/mol. The molecule has 138 valence electrons. The van der Waals surface area contributed by atoms with E-state index in [4.69, 9.17) is 4.74 Å². The van der Waals surface area contributed by atoms with Gasteiger partial charge in [-0.2, -0.15) is 0 Å². The summed E-state index contributed by atoms with van der Waals surface area (Å²) in [5, 5.41) is 3.12. The lowest BCUT2D eigenvalue weighted by atomic mass is 9.64. The van der Waals surface area contributed by atoms with Crippen LogP contribution >= 0.6 is 0 Å². The normalized spacial score (nSPS) is 28.4. The molecule has 0 aromatic heterocycles. The molecular weight excluding hydrogens is 340 g/mol. The summed E-state index contributed by atoms with van der Waals surface area (Å²) in [4.78, 5) is 12.3. The molecule has 0 spiro atoms. The van der Waals surface area contributed by atoms with Crippen molar-refractivity contribution in [1.29, 1.82) is 0 Å². The lowest BCUT2D eigenvalue weighted by molar-refractivity contribution is -0.127. The molecule has 1 saturated carbocycles. The smallest absolute Gasteiger partial charge is 0.221 e. The first-order valence-corrected chi connectivity index (χ1v) is 10.6. The van der Waals surface area contributed by atoms with Gasteiger partial charge in [0.15, 0.2) is 0 Å². The van der Waals surface area contributed by atoms with Crippen LogP contribution in [0.2, 0.25) is 0 Å². The van der Waals surface area contributed by atoms with E-state index in [1.165, 1.54) is 16.9 Å². The second-order valence-electron chi connectivity index (χ2n) is 7.07. The van der Waals surface area contributed by atoms with Crippen LogP contribution in [0.1, 0.15) is 18.4 Å². The quantitative estimate of drug-likeness (QED) is 0.782. The van der Waals surface area contributed by atoms with Crippen LogP contribution in [0.5, 0.6) is 0 Å². The van der Waals surface area contributed by atoms with Crippen LogP contribution in [0.3, 0.4) is 0 Å². The molecule has 1 amide bonds. The molecule has 1 aliphatic heterocycles. The second kappa shape index (κ2) is 7.43. The molecule has 1 aliphatic carbocycles. The summed E-state index contributed by atoms with van der Waals surface area (Å²) in [5.74, 6) is 0.570. The molecule has 25 heavy (non-hydrogen) atoms. The summed E-state index contributed by atoms with van der Waals surface area (Å²) >= 11 is 0. The zero-order chi connectivity index (χ0) is 18.0. The third-order valence-electron chi connectivity index (χ3n) is 5.39. The van der Waals surface area contributed by atoms with Crippen molar-refractivity contribution in [3.05, 3.63) is 35.9 Å². The maximum Gasteiger partial charge on any atom is 0.221 e. The number of nitrogens with one attached hydrogen (secondary N) is 1. The molecule has 1 heterocycles. The van der Waals surface area contributed by atoms with Crippen LogP contribution in [0.4, 0.5) is 0 Å². The van der Waals surface area contributed by atoms with Gasteiger partial charge in [0.1, 0.15) is 0 Å². The van der Waals surface area contributed by atoms with E-state index in [2.05, 4.69) is 17.4 Å². The number of rotatable bonds is 7. The summed E-state index contributed by atoms with van der Waals surface area (Å²) in [7, 11) is -1.76. The predicted molar refractivity (Wildman–Crippen MR) is 95.5 cm³/mol. The maximum absolute atomic E-state index is 12.3. The first-order valence-electron chi connectivity index (χ1n) is 8.72. The van der Waals surface area contributed by atoms with E-state index in [1.54, 1.807) is 0 Å². The Hall–Kier alpha value is -1.44. The van der Waals surface area contributed by atoms with Gasteiger partial charge in [0.05, 0.1) is 12.4 Å². The van der Waals surface area contributed by atoms with Gasteiger partial charge in [-0.25, -0.2) is 12.7 Å². The average Bonchev–Trinajstić information content (AvgIpc) is 3.00. The minimum atomic E-state index is -3.25. The largest absolute Gasteiger partial charge is 0.377 e. The fourth-order valence-electron chi connectivity index (χ4n) is 3.86. The number of carbonyl (C=O) groups is 1. The van der Waals surface area contributed by atoms with Crippen LogP contribution in [-0.2, 0) is 26.0 Å². The van der Waals surface area contributed by atoms with Crippen molar-refractivity contribution in [3.8, 4) is 0 Å². The zero-order valence-corrected chi connectivity index (χ0v) is 15.5. The molecule has 1 aromatic rings. The molecule has 2 aliphatic rings. The Morgan fingerprint density at radius 2 is 2.04 bits per heavy atom. The summed E-state index contributed by atoms with van der Waals surface area (Å²) in [5.41, 5.74) is 1.25. The minimum Gasteiger partial charge on any atom is -0.377 e. The molecule has 7 heteroatoms. The summed E-state index contributed by atoms with van der Waals surface area (Å²) < 4.78 is 29.9. The molecule has 6 nitrogen and oxygen atoms in total. The van der Waals surface area contributed by atoms with E-state index in [1.807, 2.05) is 18.2 Å². The predicted octanol–water partition coefficient (Wildman–Crippen LogP) is 1.03. The van der Waals surface area contributed by atoms with E-state index >= 15 is 0 Å². The Kier molecular flexibility index (Phi) is 5.46. The first kappa shape index (κ1) is 18.4. The average molecular weight is 366 g/mol. The highest BCUT2D eigenvalue weighted by atomic mass is 32.2. The fraction of sp³-hybridized carbons (Fsp3) is 0.611. The number of ether oxygens (including phenoxy) is 1. The number of nitrogens with zero attached hydrogens (tertiary/aromatic N) is 1. The van der Waals surface area contributed by atoms with E-state index < -0.39 is 10.0 Å². The van der Waals surface area contributed by atoms with E-state index in [0.717, 1.165) is 25.7 Å². The second-order valence-corrected chi connectivity index (χ2v) is 9.16. The van der Waals surface area contributed by atoms with Gasteiger partial charge >= 0.3 is 0 Å². The van der Waals surface area contributed by atoms with E-state index in [9.17, 15) is 13.2 Å². The number of amides is 1. The van der Waals surface area contributed by atoms with Crippen LogP contribution in [0.15, 0.2) is 30.3 Å². The Balaban J connectivity index is 1.57. The molecular formula is C18H26N2O4S. The molecule has 0 radical (unpaired) electrons. The third-order valence-corrected chi connectivity index (χ3v) is 6.70. The van der Waals surface area contributed by atoms with Crippen LogP contribution in [-0.4, -0.2) is 57.2 Å². The van der Waals surface area contributed by atoms with Gasteiger partial charge in [-0.05, 0) is 18.4 Å². The van der Waals surface area contributed by atoms with E-state index in [-0.39, 0.29) is 36.9 Å². The van der Waals surface area contributed by atoms with Gasteiger partial charge in [0, 0.05) is 44.5 Å². The van der Waals surface area contributed by atoms with Crippen molar-refractivity contribution in [2.24, 2.45) is 11.8 Å². The van der Waals surface area contributed by atoms with Crippen molar-refractivity contribution < 1.29 is 17.9 Å². The molecule has 3 rings (SSSR count). The number of hydrogen-bond donors (Lipinski definition) is 1. The maximum atomic E-state index is 12.3. The zero-order valence-electron chi connectivity index (χ0n) is 14.7. The summed E-state index contributed by atoms with van der Waals surface area (Å²) in [6, 6.07) is 10.4. The Morgan fingerprint density at radius 1 is 1.32 bits per heavy atom. The molecule has 1 N–H and O–H groups in total. The molecule has 0 bridgehead atoms. The van der Waals surface area contributed by atoms with Crippen LogP contribution in [0.25, 0.3) is 0 Å². The number of carbonyl (C=O) groups excluding carboxylic acids is 1. The Labute approximate surface area is 149 Å². The van der Waals surface area contributed by atoms with Gasteiger partial charge in [0.2, 0.25) is 15.9 Å². The number of benzene rings is 1. The highest BCUT2D eigenvalue weighted by Gasteiger charge is 2.53. The van der Waals surface area contributed by atoms with Crippen molar-refractivity contribution in [1.82, 2.24) is 9.62 Å². The Bertz CT molecular complexity index is 707. The van der Waals surface area contributed by atoms with Crippen LogP contribution in [0, 0.1) is 11.8 Å². The minimum absolute atomic E-state index is 0.0936. The molecule has 1 saturated heterocycles. The standard InChI is InChI=1S/C18H26N2O4S/c1-20(25(2,22)23)10-8-16(21)19-17-14-9-11-24-18(14)15(17)12-13-6-4-3-5-7-13/h3-7,14-15,17-18H,8-12H2,1-2H3,(H,19,21)/t14-,15+,17-,18-/m0/s1. The number of fused-ring (bicyclic) bond motifs is 1.